The third-order valence-corrected chi connectivity index (χ3v) is 1.29. The molecule has 0 radical (unpaired) electrons. The fraction of sp³-hybridized carbons (Fsp3) is 0.167. The molecule has 70 valence electrons. The molecule has 1 heterocycles. The van der Waals surface area contributed by atoms with Crippen LogP contribution in [0.1, 0.15) is 11.7 Å². The Balaban J connectivity index is 2.81. The Morgan fingerprint density at radius 2 is 2.54 bits per heavy atom. The largest absolute Gasteiger partial charge is 0.479 e. The Labute approximate surface area is 73.1 Å². The number of carbonyl (C=O) groups is 1. The second kappa shape index (κ2) is 3.57. The van der Waals surface area contributed by atoms with Crippen LogP contribution in [0.5, 0.6) is 0 Å². The molecular weight excluding hydrogens is 176 g/mol. The predicted octanol–water partition coefficient (Wildman–Crippen LogP) is -0.717. The summed E-state index contributed by atoms with van der Waals surface area (Å²) >= 11 is 0. The lowest BCUT2D eigenvalue weighted by Crippen LogP contribution is -2.38. The quantitative estimate of drug-likeness (QED) is 0.363. The highest BCUT2D eigenvalue weighted by molar-refractivity contribution is 5.83. The molecule has 0 saturated heterocycles. The Bertz CT molecular complexity index is 308. The van der Waals surface area contributed by atoms with Gasteiger partial charge in [0.1, 0.15) is 12.0 Å². The molecule has 1 rings (SSSR count). The maximum atomic E-state index is 10.6. The molecule has 13 heavy (non-hydrogen) atoms. The molecule has 5 N–H and O–H groups in total. The number of nitrogens with zero attached hydrogens (tertiary/aromatic N) is 1. The maximum absolute atomic E-state index is 10.6. The average Bonchev–Trinajstić information content (AvgIpc) is 2.50. The third-order valence-electron chi connectivity index (χ3n) is 1.29. The number of hydrogen-bond acceptors (Lipinski definition) is 4. The van der Waals surface area contributed by atoms with E-state index in [1.54, 1.807) is 0 Å². The number of carboxylic acids is 1. The van der Waals surface area contributed by atoms with Gasteiger partial charge >= 0.3 is 5.97 Å². The first-order valence-electron chi connectivity index (χ1n) is 3.32. The zero-order valence-corrected chi connectivity index (χ0v) is 6.52. The molecule has 7 heteroatoms. The van der Waals surface area contributed by atoms with Gasteiger partial charge in [-0.25, -0.2) is 9.78 Å². The van der Waals surface area contributed by atoms with Crippen LogP contribution in [0.25, 0.3) is 0 Å². The molecule has 1 aromatic rings. The van der Waals surface area contributed by atoms with Crippen molar-refractivity contribution < 1.29 is 14.3 Å². The van der Waals surface area contributed by atoms with E-state index in [1.807, 2.05) is 0 Å². The van der Waals surface area contributed by atoms with Crippen LogP contribution in [-0.4, -0.2) is 22.0 Å². The summed E-state index contributed by atoms with van der Waals surface area (Å²) in [5.41, 5.74) is 5.16. The summed E-state index contributed by atoms with van der Waals surface area (Å²) in [6.45, 7) is 0. The van der Waals surface area contributed by atoms with Crippen LogP contribution in [-0.2, 0) is 4.79 Å². The van der Waals surface area contributed by atoms with Gasteiger partial charge < -0.3 is 20.6 Å². The van der Waals surface area contributed by atoms with E-state index in [1.165, 1.54) is 6.26 Å². The molecule has 0 aromatic carbocycles. The van der Waals surface area contributed by atoms with E-state index in [9.17, 15) is 4.79 Å². The Morgan fingerprint density at radius 1 is 1.85 bits per heavy atom. The first-order valence-corrected chi connectivity index (χ1v) is 3.32. The molecule has 1 unspecified atom stereocenters. The molecule has 0 bridgehead atoms. The zero-order valence-electron chi connectivity index (χ0n) is 6.52. The first kappa shape index (κ1) is 9.04. The summed E-state index contributed by atoms with van der Waals surface area (Å²) in [4.78, 5) is 14.3. The van der Waals surface area contributed by atoms with Gasteiger partial charge in [0, 0.05) is 0 Å². The van der Waals surface area contributed by atoms with Crippen molar-refractivity contribution in [3.05, 3.63) is 18.4 Å². The molecular formula is C6H8N4O3. The van der Waals surface area contributed by atoms with Gasteiger partial charge in [-0.2, -0.15) is 0 Å². The van der Waals surface area contributed by atoms with Crippen molar-refractivity contribution in [3.8, 4) is 0 Å². The second-order valence-electron chi connectivity index (χ2n) is 2.24. The zero-order chi connectivity index (χ0) is 9.84. The smallest absolute Gasteiger partial charge is 0.332 e. The van der Waals surface area contributed by atoms with E-state index in [0.717, 1.165) is 6.39 Å². The molecule has 0 aliphatic carbocycles. The molecule has 7 nitrogen and oxygen atoms in total. The molecule has 0 aliphatic rings. The predicted molar refractivity (Wildman–Crippen MR) is 41.9 cm³/mol. The summed E-state index contributed by atoms with van der Waals surface area (Å²) in [5, 5.41) is 17.8. The van der Waals surface area contributed by atoms with Gasteiger partial charge in [0.2, 0.25) is 0 Å². The van der Waals surface area contributed by atoms with Crippen LogP contribution in [0.3, 0.4) is 0 Å². The molecule has 1 aromatic heterocycles. The minimum atomic E-state index is -1.18. The van der Waals surface area contributed by atoms with Crippen molar-refractivity contribution in [1.82, 2.24) is 10.3 Å². The second-order valence-corrected chi connectivity index (χ2v) is 2.24. The van der Waals surface area contributed by atoms with Crippen molar-refractivity contribution in [2.75, 3.05) is 0 Å². The Morgan fingerprint density at radius 3 is 2.92 bits per heavy atom. The number of aromatic nitrogens is 1. The van der Waals surface area contributed by atoms with E-state index in [4.69, 9.17) is 16.2 Å². The number of nitrogens with one attached hydrogen (secondary N) is 2. The van der Waals surface area contributed by atoms with Gasteiger partial charge in [-0.3, -0.25) is 5.41 Å². The Kier molecular flexibility index (Phi) is 2.48. The van der Waals surface area contributed by atoms with Gasteiger partial charge in [0.05, 0.1) is 0 Å². The molecule has 0 amide bonds. The Hall–Kier alpha value is -2.05. The van der Waals surface area contributed by atoms with Crippen molar-refractivity contribution in [2.24, 2.45) is 5.73 Å². The number of carboxylic acid groups (broad SMARTS) is 1. The van der Waals surface area contributed by atoms with Crippen molar-refractivity contribution in [3.63, 3.8) is 0 Å². The summed E-state index contributed by atoms with van der Waals surface area (Å²) in [5.74, 6) is -1.61. The van der Waals surface area contributed by atoms with Crippen LogP contribution in [0, 0.1) is 5.41 Å². The van der Waals surface area contributed by atoms with Crippen LogP contribution < -0.4 is 11.1 Å². The molecule has 0 fully saturated rings. The standard InChI is InChI=1S/C6H8N4O3/c7-6(8)10-4(5(11)12)3-1-13-2-9-3/h1-2,4H,(H,11,12)(H4,7,8,10). The third kappa shape index (κ3) is 2.19. The minimum Gasteiger partial charge on any atom is -0.479 e. The van der Waals surface area contributed by atoms with E-state index in [2.05, 4.69) is 14.7 Å². The molecule has 0 spiro atoms. The number of oxazole rings is 1. The summed E-state index contributed by atoms with van der Waals surface area (Å²) in [6.07, 6.45) is 2.28. The maximum Gasteiger partial charge on any atom is 0.332 e. The minimum absolute atomic E-state index is 0.169. The van der Waals surface area contributed by atoms with Gasteiger partial charge in [-0.1, -0.05) is 0 Å². The molecule has 0 aliphatic heterocycles. The van der Waals surface area contributed by atoms with Gasteiger partial charge in [0.15, 0.2) is 18.4 Å². The summed E-state index contributed by atoms with van der Waals surface area (Å²) in [6, 6.07) is -1.14. The fourth-order valence-electron chi connectivity index (χ4n) is 0.782. The van der Waals surface area contributed by atoms with E-state index < -0.39 is 18.0 Å². The van der Waals surface area contributed by atoms with Gasteiger partial charge in [0.25, 0.3) is 0 Å². The van der Waals surface area contributed by atoms with Crippen molar-refractivity contribution >= 4 is 11.9 Å². The van der Waals surface area contributed by atoms with E-state index in [-0.39, 0.29) is 5.69 Å². The van der Waals surface area contributed by atoms with Crippen LogP contribution in [0.4, 0.5) is 0 Å². The highest BCUT2D eigenvalue weighted by atomic mass is 16.4. The normalized spacial score (nSPS) is 12.0. The molecule has 1 atom stereocenters. The van der Waals surface area contributed by atoms with Crippen molar-refractivity contribution in [1.29, 1.82) is 5.41 Å². The van der Waals surface area contributed by atoms with Crippen LogP contribution in [0.15, 0.2) is 17.1 Å². The van der Waals surface area contributed by atoms with Crippen LogP contribution >= 0.6 is 0 Å². The van der Waals surface area contributed by atoms with Crippen LogP contribution in [0.2, 0.25) is 0 Å². The summed E-state index contributed by atoms with van der Waals surface area (Å²) in [7, 11) is 0. The number of nitrogens with two attached hydrogens (primary N) is 1. The number of guanidine groups is 1. The monoisotopic (exact) mass is 184 g/mol. The van der Waals surface area contributed by atoms with E-state index in [0.29, 0.717) is 0 Å². The topological polar surface area (TPSA) is 125 Å². The lowest BCUT2D eigenvalue weighted by molar-refractivity contribution is -0.139. The molecule has 0 saturated carbocycles. The van der Waals surface area contributed by atoms with Gasteiger partial charge in [-0.15, -0.1) is 0 Å². The lowest BCUT2D eigenvalue weighted by atomic mass is 10.2. The number of rotatable bonds is 3. The number of hydrogen-bond donors (Lipinski definition) is 4. The van der Waals surface area contributed by atoms with Crippen molar-refractivity contribution in [2.45, 2.75) is 6.04 Å². The number of aliphatic carboxylic acids is 1. The van der Waals surface area contributed by atoms with E-state index >= 15 is 0 Å². The highest BCUT2D eigenvalue weighted by Crippen LogP contribution is 2.09. The fourth-order valence-corrected chi connectivity index (χ4v) is 0.782. The van der Waals surface area contributed by atoms with Gasteiger partial charge in [-0.05, 0) is 0 Å². The lowest BCUT2D eigenvalue weighted by Gasteiger charge is -2.10. The highest BCUT2D eigenvalue weighted by Gasteiger charge is 2.22. The first-order chi connectivity index (χ1) is 6.11. The average molecular weight is 184 g/mol. The SMILES string of the molecule is N=C(N)NC(C(=O)O)c1cocn1. The summed E-state index contributed by atoms with van der Waals surface area (Å²) < 4.78 is 4.60.